The summed E-state index contributed by atoms with van der Waals surface area (Å²) < 4.78 is 5.66. The number of nitro groups is 1. The molecule has 0 aliphatic carbocycles. The van der Waals surface area contributed by atoms with Gasteiger partial charge in [-0.3, -0.25) is 15.2 Å². The van der Waals surface area contributed by atoms with Crippen molar-refractivity contribution in [3.05, 3.63) is 62.5 Å². The zero-order chi connectivity index (χ0) is 19.6. The van der Waals surface area contributed by atoms with Gasteiger partial charge in [-0.05, 0) is 43.8 Å². The van der Waals surface area contributed by atoms with E-state index >= 15 is 0 Å². The molecule has 0 aliphatic heterocycles. The van der Waals surface area contributed by atoms with Crippen LogP contribution in [0.3, 0.4) is 0 Å². The minimum Gasteiger partial charge on any atom is -0.544 e. The maximum Gasteiger partial charge on any atom is 0.273 e. The molecule has 0 atom stereocenters. The number of carboxylic acids is 1. The summed E-state index contributed by atoms with van der Waals surface area (Å²) in [6, 6.07) is 7.85. The number of hydrogen-bond donors (Lipinski definition) is 1. The largest absolute Gasteiger partial charge is 0.544 e. The molecule has 3 rings (SSSR count). The minimum absolute atomic E-state index is 0.0213. The molecule has 1 aromatic carbocycles. The highest BCUT2D eigenvalue weighted by Gasteiger charge is 2.16. The van der Waals surface area contributed by atoms with E-state index in [2.05, 4.69) is 15.2 Å². The van der Waals surface area contributed by atoms with Crippen molar-refractivity contribution in [2.45, 2.75) is 19.0 Å². The normalized spacial score (nSPS) is 11.6. The van der Waals surface area contributed by atoms with Crippen LogP contribution in [0.25, 0.3) is 17.4 Å². The number of aromatic amines is 1. The number of carbonyl (C=O) groups is 1. The van der Waals surface area contributed by atoms with Gasteiger partial charge in [-0.1, -0.05) is 12.1 Å². The summed E-state index contributed by atoms with van der Waals surface area (Å²) in [5.41, 5.74) is 0.987. The molecule has 2 aromatic heterocycles. The van der Waals surface area contributed by atoms with Gasteiger partial charge < -0.3 is 14.3 Å². The van der Waals surface area contributed by atoms with E-state index in [0.717, 1.165) is 11.8 Å². The summed E-state index contributed by atoms with van der Waals surface area (Å²) in [5.74, 6) is -0.197. The van der Waals surface area contributed by atoms with Crippen molar-refractivity contribution < 1.29 is 19.2 Å². The molecule has 0 radical (unpaired) electrons. The van der Waals surface area contributed by atoms with Crippen LogP contribution in [0, 0.1) is 24.0 Å². The molecule has 0 bridgehead atoms. The van der Waals surface area contributed by atoms with Crippen LogP contribution in [-0.2, 0) is 4.79 Å². The van der Waals surface area contributed by atoms with Crippen LogP contribution in [-0.4, -0.2) is 26.1 Å². The van der Waals surface area contributed by atoms with Gasteiger partial charge in [0.1, 0.15) is 17.3 Å². The van der Waals surface area contributed by atoms with Gasteiger partial charge in [-0.25, -0.2) is 4.98 Å². The van der Waals surface area contributed by atoms with E-state index in [4.69, 9.17) is 4.42 Å². The Morgan fingerprint density at radius 1 is 1.30 bits per heavy atom. The first-order chi connectivity index (χ1) is 12.8. The molecule has 0 amide bonds. The van der Waals surface area contributed by atoms with E-state index in [-0.39, 0.29) is 21.5 Å². The molecule has 0 aliphatic rings. The van der Waals surface area contributed by atoms with Crippen molar-refractivity contribution in [3.8, 4) is 11.3 Å². The lowest BCUT2D eigenvalue weighted by molar-refractivity contribution is -0.385. The average molecular weight is 385 g/mol. The number of thioether (sulfide) groups is 1. The van der Waals surface area contributed by atoms with E-state index in [1.807, 2.05) is 0 Å². The van der Waals surface area contributed by atoms with Crippen LogP contribution in [0.1, 0.15) is 17.1 Å². The monoisotopic (exact) mass is 385 g/mol. The quantitative estimate of drug-likeness (QED) is 0.295. The Bertz CT molecular complexity index is 1050. The number of carboxylic acid groups (broad SMARTS) is 1. The van der Waals surface area contributed by atoms with Crippen LogP contribution in [0.15, 0.2) is 44.8 Å². The maximum atomic E-state index is 11.4. The highest BCUT2D eigenvalue weighted by Crippen LogP contribution is 2.32. The average Bonchev–Trinajstić information content (AvgIpc) is 3.23. The lowest BCUT2D eigenvalue weighted by Crippen LogP contribution is -2.23. The van der Waals surface area contributed by atoms with E-state index < -0.39 is 10.9 Å². The third-order valence-electron chi connectivity index (χ3n) is 3.65. The summed E-state index contributed by atoms with van der Waals surface area (Å²) >= 11 is 0.823. The number of furan rings is 1. The van der Waals surface area contributed by atoms with Gasteiger partial charge in [0.05, 0.1) is 10.9 Å². The SMILES string of the molecule is Cc1nc(S/C(=C/c2ccc(-c3cccc([N+](=O)[O-])c3C)o2)C(=O)[O-])n[nH]1. The molecular formula is C17H13N4O5S-. The highest BCUT2D eigenvalue weighted by atomic mass is 32.2. The number of rotatable bonds is 6. The molecule has 0 unspecified atom stereocenters. The molecule has 0 fully saturated rings. The Labute approximate surface area is 157 Å². The molecule has 0 spiro atoms. The number of H-pyrrole nitrogens is 1. The number of hydrogen-bond acceptors (Lipinski definition) is 8. The third kappa shape index (κ3) is 4.06. The second-order valence-electron chi connectivity index (χ2n) is 5.51. The molecule has 9 nitrogen and oxygen atoms in total. The number of carbonyl (C=O) groups excluding carboxylic acids is 1. The summed E-state index contributed by atoms with van der Waals surface area (Å²) in [5, 5.41) is 29.2. The van der Waals surface area contributed by atoms with Crippen LogP contribution >= 0.6 is 11.8 Å². The molecule has 27 heavy (non-hydrogen) atoms. The third-order valence-corrected chi connectivity index (χ3v) is 4.52. The Morgan fingerprint density at radius 2 is 2.07 bits per heavy atom. The molecule has 10 heteroatoms. The van der Waals surface area contributed by atoms with E-state index in [1.54, 1.807) is 38.1 Å². The summed E-state index contributed by atoms with van der Waals surface area (Å²) in [6.07, 6.45) is 1.29. The van der Waals surface area contributed by atoms with Crippen molar-refractivity contribution in [1.82, 2.24) is 15.2 Å². The Kier molecular flexibility index (Phi) is 5.08. The van der Waals surface area contributed by atoms with Crippen LogP contribution in [0.2, 0.25) is 0 Å². The molecular weight excluding hydrogens is 372 g/mol. The standard InChI is InChI=1S/C17H14N4O5S/c1-9-12(4-3-5-13(9)21(24)25)14-7-6-11(26-14)8-15(16(22)23)27-17-18-10(2)19-20-17/h3-8H,1-2H3,(H,22,23)(H,18,19,20)/p-1/b15-8+. The van der Waals surface area contributed by atoms with Gasteiger partial charge in [0.25, 0.3) is 5.69 Å². The number of aliphatic carboxylic acids is 1. The number of nitro benzene ring substituents is 1. The predicted molar refractivity (Wildman–Crippen MR) is 95.5 cm³/mol. The van der Waals surface area contributed by atoms with Gasteiger partial charge in [0.2, 0.25) is 5.16 Å². The number of nitrogens with one attached hydrogen (secondary N) is 1. The zero-order valence-electron chi connectivity index (χ0n) is 14.3. The second-order valence-corrected chi connectivity index (χ2v) is 6.52. The highest BCUT2D eigenvalue weighted by molar-refractivity contribution is 8.04. The lowest BCUT2D eigenvalue weighted by Gasteiger charge is -2.05. The molecule has 0 saturated carbocycles. The fourth-order valence-corrected chi connectivity index (χ4v) is 3.12. The number of benzene rings is 1. The van der Waals surface area contributed by atoms with Gasteiger partial charge in [-0.15, -0.1) is 5.10 Å². The zero-order valence-corrected chi connectivity index (χ0v) is 15.1. The number of aryl methyl sites for hydroxylation is 1. The summed E-state index contributed by atoms with van der Waals surface area (Å²) in [7, 11) is 0. The van der Waals surface area contributed by atoms with Crippen molar-refractivity contribution in [1.29, 1.82) is 0 Å². The van der Waals surface area contributed by atoms with E-state index in [1.165, 1.54) is 12.1 Å². The Morgan fingerprint density at radius 3 is 2.70 bits per heavy atom. The van der Waals surface area contributed by atoms with Crippen molar-refractivity contribution in [2.75, 3.05) is 0 Å². The van der Waals surface area contributed by atoms with Crippen LogP contribution in [0.4, 0.5) is 5.69 Å². The van der Waals surface area contributed by atoms with Crippen molar-refractivity contribution in [3.63, 3.8) is 0 Å². The number of aromatic nitrogens is 3. The Balaban J connectivity index is 1.92. The molecule has 138 valence electrons. The minimum atomic E-state index is -1.40. The topological polar surface area (TPSA) is 138 Å². The lowest BCUT2D eigenvalue weighted by atomic mass is 10.1. The second kappa shape index (κ2) is 7.46. The summed E-state index contributed by atoms with van der Waals surface area (Å²) in [4.78, 5) is 25.9. The van der Waals surface area contributed by atoms with E-state index in [0.29, 0.717) is 22.7 Å². The molecule has 0 saturated heterocycles. The Hall–Kier alpha value is -3.40. The van der Waals surface area contributed by atoms with Crippen LogP contribution < -0.4 is 5.11 Å². The van der Waals surface area contributed by atoms with E-state index in [9.17, 15) is 20.0 Å². The van der Waals surface area contributed by atoms with Gasteiger partial charge >= 0.3 is 0 Å². The van der Waals surface area contributed by atoms with Crippen LogP contribution in [0.5, 0.6) is 0 Å². The molecule has 1 N–H and O–H groups in total. The smallest absolute Gasteiger partial charge is 0.273 e. The first-order valence-electron chi connectivity index (χ1n) is 7.69. The maximum absolute atomic E-state index is 11.4. The van der Waals surface area contributed by atoms with Crippen molar-refractivity contribution >= 4 is 29.5 Å². The summed E-state index contributed by atoms with van der Waals surface area (Å²) in [6.45, 7) is 3.32. The van der Waals surface area contributed by atoms with Crippen molar-refractivity contribution in [2.24, 2.45) is 0 Å². The first kappa shape index (κ1) is 18.4. The fourth-order valence-electron chi connectivity index (χ4n) is 2.39. The number of nitrogens with zero attached hydrogens (tertiary/aromatic N) is 3. The van der Waals surface area contributed by atoms with Gasteiger partial charge in [0, 0.05) is 22.1 Å². The van der Waals surface area contributed by atoms with Gasteiger partial charge in [-0.2, -0.15) is 0 Å². The fraction of sp³-hybridized carbons (Fsp3) is 0.118. The predicted octanol–water partition coefficient (Wildman–Crippen LogP) is 2.47. The molecule has 3 aromatic rings. The molecule has 2 heterocycles. The van der Waals surface area contributed by atoms with Gasteiger partial charge in [0.15, 0.2) is 0 Å². The first-order valence-corrected chi connectivity index (χ1v) is 8.51.